The van der Waals surface area contributed by atoms with Crippen LogP contribution < -0.4 is 4.74 Å². The number of hydrogen-bond donors (Lipinski definition) is 0. The normalized spacial score (nSPS) is 11.7. The molecule has 0 spiro atoms. The Kier molecular flexibility index (Phi) is 4.32. The van der Waals surface area contributed by atoms with Crippen LogP contribution in [0.15, 0.2) is 24.4 Å². The Morgan fingerprint density at radius 2 is 2.00 bits per heavy atom. The molecule has 1 aromatic carbocycles. The zero-order chi connectivity index (χ0) is 14.8. The summed E-state index contributed by atoms with van der Waals surface area (Å²) in [5.41, 5.74) is 2.21. The van der Waals surface area contributed by atoms with E-state index < -0.39 is 11.2 Å². The maximum atomic E-state index is 12.4. The molecule has 2 rings (SSSR count). The van der Waals surface area contributed by atoms with Crippen molar-refractivity contribution >= 4 is 11.3 Å². The third kappa shape index (κ3) is 3.72. The van der Waals surface area contributed by atoms with E-state index in [4.69, 9.17) is 4.74 Å². The number of nitrogens with zero attached hydrogens (tertiary/aromatic N) is 1. The summed E-state index contributed by atoms with van der Waals surface area (Å²) in [6.45, 7) is 4.10. The third-order valence-corrected chi connectivity index (χ3v) is 3.71. The Morgan fingerprint density at radius 3 is 2.60 bits per heavy atom. The number of halogens is 3. The fourth-order valence-corrected chi connectivity index (χ4v) is 2.46. The molecule has 1 aromatic heterocycles. The van der Waals surface area contributed by atoms with Crippen molar-refractivity contribution in [3.63, 3.8) is 0 Å². The predicted octanol–water partition coefficient (Wildman–Crippen LogP) is 4.61. The summed E-state index contributed by atoms with van der Waals surface area (Å²) in [5, 5.41) is -0.838. The van der Waals surface area contributed by atoms with Crippen LogP contribution in [0.25, 0.3) is 0 Å². The third-order valence-electron chi connectivity index (χ3n) is 2.70. The highest BCUT2D eigenvalue weighted by Crippen LogP contribution is 2.32. The number of alkyl halides is 3. The largest absolute Gasteiger partial charge is 0.488 e. The van der Waals surface area contributed by atoms with Crippen molar-refractivity contribution in [2.24, 2.45) is 0 Å². The van der Waals surface area contributed by atoms with Crippen LogP contribution in [0.1, 0.15) is 27.9 Å². The zero-order valence-corrected chi connectivity index (χ0v) is 11.9. The first-order chi connectivity index (χ1) is 9.38. The molecule has 2 aromatic rings. The summed E-state index contributed by atoms with van der Waals surface area (Å²) in [4.78, 5) is 3.82. The zero-order valence-electron chi connectivity index (χ0n) is 11.1. The van der Waals surface area contributed by atoms with Crippen LogP contribution in [-0.4, -0.2) is 4.98 Å². The molecular formula is C14H14F3NOS. The Balaban J connectivity index is 2.05. The highest BCUT2D eigenvalue weighted by molar-refractivity contribution is 7.11. The fourth-order valence-electron chi connectivity index (χ4n) is 1.77. The Labute approximate surface area is 119 Å². The Bertz CT molecular complexity index is 592. The monoisotopic (exact) mass is 301 g/mol. The lowest BCUT2D eigenvalue weighted by molar-refractivity contribution is -0.137. The topological polar surface area (TPSA) is 22.1 Å². The summed E-state index contributed by atoms with van der Waals surface area (Å²) in [5.74, 6) is 0.670. The molecule has 0 atom stereocenters. The number of hydrogen-bond acceptors (Lipinski definition) is 3. The van der Waals surface area contributed by atoms with E-state index in [0.717, 1.165) is 17.5 Å². The second kappa shape index (κ2) is 5.83. The van der Waals surface area contributed by atoms with Crippen LogP contribution in [0.3, 0.4) is 0 Å². The van der Waals surface area contributed by atoms with Crippen molar-refractivity contribution in [3.05, 3.63) is 45.4 Å². The van der Waals surface area contributed by atoms with Crippen LogP contribution in [0.4, 0.5) is 13.2 Å². The molecule has 0 saturated carbocycles. The van der Waals surface area contributed by atoms with Gasteiger partial charge in [-0.25, -0.2) is 4.98 Å². The summed E-state index contributed by atoms with van der Waals surface area (Å²) < 4.78 is 42.8. The molecule has 0 aliphatic carbocycles. The van der Waals surface area contributed by atoms with Crippen LogP contribution in [-0.2, 0) is 19.2 Å². The molecule has 0 aliphatic rings. The minimum absolute atomic E-state index is 0.0976. The number of aryl methyl sites for hydroxylation is 2. The van der Waals surface area contributed by atoms with E-state index in [2.05, 4.69) is 11.1 Å². The SMILES string of the molecule is CCc1cc(C)cc(OCc2cnc(C(F)(F)F)s2)c1. The predicted molar refractivity (Wildman–Crippen MR) is 72.0 cm³/mol. The summed E-state index contributed by atoms with van der Waals surface area (Å²) in [6, 6.07) is 5.82. The molecule has 0 aliphatic heterocycles. The van der Waals surface area contributed by atoms with E-state index in [1.807, 2.05) is 26.0 Å². The fraction of sp³-hybridized carbons (Fsp3) is 0.357. The van der Waals surface area contributed by atoms with Gasteiger partial charge in [-0.05, 0) is 36.6 Å². The molecule has 20 heavy (non-hydrogen) atoms. The van der Waals surface area contributed by atoms with E-state index in [1.54, 1.807) is 0 Å². The van der Waals surface area contributed by atoms with Crippen molar-refractivity contribution in [2.75, 3.05) is 0 Å². The van der Waals surface area contributed by atoms with E-state index in [0.29, 0.717) is 22.0 Å². The number of benzene rings is 1. The molecule has 0 unspecified atom stereocenters. The molecule has 0 radical (unpaired) electrons. The van der Waals surface area contributed by atoms with E-state index in [1.165, 1.54) is 6.20 Å². The maximum absolute atomic E-state index is 12.4. The molecule has 108 valence electrons. The van der Waals surface area contributed by atoms with Crippen LogP contribution in [0, 0.1) is 6.92 Å². The van der Waals surface area contributed by atoms with Crippen molar-refractivity contribution in [2.45, 2.75) is 33.1 Å². The lowest BCUT2D eigenvalue weighted by Gasteiger charge is -2.07. The molecule has 6 heteroatoms. The van der Waals surface area contributed by atoms with Gasteiger partial charge in [0.2, 0.25) is 0 Å². The van der Waals surface area contributed by atoms with Gasteiger partial charge in [-0.15, -0.1) is 11.3 Å². The van der Waals surface area contributed by atoms with E-state index >= 15 is 0 Å². The maximum Gasteiger partial charge on any atom is 0.443 e. The average molecular weight is 301 g/mol. The summed E-state index contributed by atoms with van der Waals surface area (Å²) in [7, 11) is 0. The second-order valence-electron chi connectivity index (χ2n) is 4.43. The molecular weight excluding hydrogens is 287 g/mol. The number of rotatable bonds is 4. The van der Waals surface area contributed by atoms with Gasteiger partial charge in [-0.3, -0.25) is 0 Å². The second-order valence-corrected chi connectivity index (χ2v) is 5.54. The number of ether oxygens (including phenoxy) is 1. The van der Waals surface area contributed by atoms with E-state index in [9.17, 15) is 13.2 Å². The van der Waals surface area contributed by atoms with Gasteiger partial charge in [0.25, 0.3) is 0 Å². The number of thiazole rings is 1. The van der Waals surface area contributed by atoms with Gasteiger partial charge >= 0.3 is 6.18 Å². The van der Waals surface area contributed by atoms with Crippen LogP contribution >= 0.6 is 11.3 Å². The quantitative estimate of drug-likeness (QED) is 0.822. The minimum Gasteiger partial charge on any atom is -0.488 e. The first-order valence-electron chi connectivity index (χ1n) is 6.13. The summed E-state index contributed by atoms with van der Waals surface area (Å²) >= 11 is 0.612. The van der Waals surface area contributed by atoms with Crippen LogP contribution in [0.2, 0.25) is 0 Å². The minimum atomic E-state index is -4.39. The molecule has 0 fully saturated rings. The van der Waals surface area contributed by atoms with Gasteiger partial charge < -0.3 is 4.74 Å². The first-order valence-corrected chi connectivity index (χ1v) is 6.95. The highest BCUT2D eigenvalue weighted by Gasteiger charge is 2.34. The lowest BCUT2D eigenvalue weighted by Crippen LogP contribution is -2.02. The molecule has 2 nitrogen and oxygen atoms in total. The Hall–Kier alpha value is -1.56. The number of aromatic nitrogens is 1. The van der Waals surface area contributed by atoms with Crippen molar-refractivity contribution < 1.29 is 17.9 Å². The van der Waals surface area contributed by atoms with Gasteiger partial charge in [0.05, 0.1) is 4.88 Å². The summed E-state index contributed by atoms with van der Waals surface area (Å²) in [6.07, 6.45) is -2.29. The average Bonchev–Trinajstić information content (AvgIpc) is 2.84. The standard InChI is InChI=1S/C14H14F3NOS/c1-3-10-4-9(2)5-11(6-10)19-8-12-7-18-13(20-12)14(15,16)17/h4-7H,3,8H2,1-2H3. The van der Waals surface area contributed by atoms with Gasteiger partial charge in [-0.1, -0.05) is 13.0 Å². The van der Waals surface area contributed by atoms with Gasteiger partial charge in [0, 0.05) is 6.20 Å². The molecule has 1 heterocycles. The van der Waals surface area contributed by atoms with Crippen LogP contribution in [0.5, 0.6) is 5.75 Å². The highest BCUT2D eigenvalue weighted by atomic mass is 32.1. The molecule has 0 saturated heterocycles. The molecule has 0 N–H and O–H groups in total. The van der Waals surface area contributed by atoms with Crippen molar-refractivity contribution in [1.29, 1.82) is 0 Å². The lowest BCUT2D eigenvalue weighted by atomic mass is 10.1. The smallest absolute Gasteiger partial charge is 0.443 e. The molecule has 0 bridgehead atoms. The van der Waals surface area contributed by atoms with Crippen molar-refractivity contribution in [1.82, 2.24) is 4.98 Å². The first kappa shape index (κ1) is 14.8. The van der Waals surface area contributed by atoms with E-state index in [-0.39, 0.29) is 6.61 Å². The van der Waals surface area contributed by atoms with Gasteiger partial charge in [0.1, 0.15) is 12.4 Å². The van der Waals surface area contributed by atoms with Gasteiger partial charge in [0.15, 0.2) is 5.01 Å². The Morgan fingerprint density at radius 1 is 1.25 bits per heavy atom. The van der Waals surface area contributed by atoms with Crippen molar-refractivity contribution in [3.8, 4) is 5.75 Å². The molecule has 0 amide bonds. The van der Waals surface area contributed by atoms with Gasteiger partial charge in [-0.2, -0.15) is 13.2 Å².